The van der Waals surface area contributed by atoms with Crippen LogP contribution in [0.3, 0.4) is 0 Å². The van der Waals surface area contributed by atoms with Gasteiger partial charge in [0.2, 0.25) is 0 Å². The summed E-state index contributed by atoms with van der Waals surface area (Å²) >= 11 is 0. The van der Waals surface area contributed by atoms with Gasteiger partial charge in [0.1, 0.15) is 0 Å². The van der Waals surface area contributed by atoms with Gasteiger partial charge in [-0.05, 0) is 38.3 Å². The maximum absolute atomic E-state index is 3.46. The number of rotatable bonds is 16. The average molecular weight is 346 g/mol. The van der Waals surface area contributed by atoms with E-state index in [0.717, 1.165) is 0 Å². The molecule has 0 amide bonds. The number of aromatic nitrogens is 1. The predicted octanol–water partition coefficient (Wildman–Crippen LogP) is 8.55. The van der Waals surface area contributed by atoms with E-state index in [2.05, 4.69) is 50.2 Å². The van der Waals surface area contributed by atoms with E-state index < -0.39 is 0 Å². The average Bonchev–Trinajstić information content (AvgIpc) is 3.14. The summed E-state index contributed by atoms with van der Waals surface area (Å²) in [5.74, 6) is 0.598. The molecule has 0 radical (unpaired) electrons. The highest BCUT2D eigenvalue weighted by molar-refractivity contribution is 5.22. The molecule has 1 atom stereocenters. The van der Waals surface area contributed by atoms with E-state index in [9.17, 15) is 0 Å². The first-order chi connectivity index (χ1) is 12.3. The maximum Gasteiger partial charge on any atom is 0.0219 e. The van der Waals surface area contributed by atoms with Crippen LogP contribution in [0.15, 0.2) is 30.0 Å². The molecule has 0 aliphatic heterocycles. The molecule has 1 unspecified atom stereocenters. The first-order valence-electron chi connectivity index (χ1n) is 11.1. The standard InChI is InChI=1S/C24H43N/c1-4-6-8-10-11-12-13-14-16-19-23(24-20-17-21-25-24)22(3)18-15-9-7-5-2/h17-18,20-21,23,25H,4-16,19H2,1-3H3. The van der Waals surface area contributed by atoms with Crippen molar-refractivity contribution in [1.29, 1.82) is 0 Å². The number of nitrogens with one attached hydrogen (secondary N) is 1. The van der Waals surface area contributed by atoms with Crippen molar-refractivity contribution in [2.24, 2.45) is 0 Å². The Morgan fingerprint density at radius 2 is 1.48 bits per heavy atom. The molecule has 1 aromatic rings. The van der Waals surface area contributed by atoms with E-state index in [1.165, 1.54) is 95.6 Å². The molecule has 1 aromatic heterocycles. The molecule has 0 spiro atoms. The summed E-state index contributed by atoms with van der Waals surface area (Å²) in [6.07, 6.45) is 23.8. The van der Waals surface area contributed by atoms with Crippen LogP contribution in [-0.4, -0.2) is 4.98 Å². The van der Waals surface area contributed by atoms with Crippen molar-refractivity contribution < 1.29 is 0 Å². The highest BCUT2D eigenvalue weighted by Crippen LogP contribution is 2.29. The third kappa shape index (κ3) is 10.6. The van der Waals surface area contributed by atoms with Gasteiger partial charge in [0.05, 0.1) is 0 Å². The van der Waals surface area contributed by atoms with Crippen LogP contribution in [-0.2, 0) is 0 Å². The van der Waals surface area contributed by atoms with Crippen LogP contribution in [0.2, 0.25) is 0 Å². The molecule has 25 heavy (non-hydrogen) atoms. The van der Waals surface area contributed by atoms with Crippen LogP contribution in [0.25, 0.3) is 0 Å². The largest absolute Gasteiger partial charge is 0.364 e. The second-order valence-electron chi connectivity index (χ2n) is 7.74. The van der Waals surface area contributed by atoms with E-state index in [0.29, 0.717) is 5.92 Å². The minimum atomic E-state index is 0.598. The van der Waals surface area contributed by atoms with Crippen LogP contribution in [0.5, 0.6) is 0 Å². The fraction of sp³-hybridized carbons (Fsp3) is 0.750. The van der Waals surface area contributed by atoms with Gasteiger partial charge in [-0.15, -0.1) is 0 Å². The number of hydrogen-bond donors (Lipinski definition) is 1. The molecule has 0 aliphatic rings. The highest BCUT2D eigenvalue weighted by atomic mass is 14.7. The Labute approximate surface area is 157 Å². The van der Waals surface area contributed by atoms with Gasteiger partial charge in [-0.2, -0.15) is 0 Å². The maximum atomic E-state index is 3.46. The summed E-state index contributed by atoms with van der Waals surface area (Å²) in [5, 5.41) is 0. The summed E-state index contributed by atoms with van der Waals surface area (Å²) < 4.78 is 0. The lowest BCUT2D eigenvalue weighted by Crippen LogP contribution is -2.02. The Morgan fingerprint density at radius 1 is 0.880 bits per heavy atom. The Morgan fingerprint density at radius 3 is 2.08 bits per heavy atom. The monoisotopic (exact) mass is 345 g/mol. The first kappa shape index (κ1) is 22.1. The van der Waals surface area contributed by atoms with Crippen LogP contribution in [0, 0.1) is 0 Å². The third-order valence-corrected chi connectivity index (χ3v) is 5.42. The van der Waals surface area contributed by atoms with Gasteiger partial charge in [0.25, 0.3) is 0 Å². The second kappa shape index (κ2) is 15.3. The van der Waals surface area contributed by atoms with E-state index >= 15 is 0 Å². The SMILES string of the molecule is CCCCCC=C(C)C(CCCCCCCCCCC)c1ccc[nH]1. The van der Waals surface area contributed by atoms with Gasteiger partial charge in [-0.3, -0.25) is 0 Å². The lowest BCUT2D eigenvalue weighted by Gasteiger charge is -2.17. The Hall–Kier alpha value is -0.980. The summed E-state index contributed by atoms with van der Waals surface area (Å²) in [6, 6.07) is 4.41. The fourth-order valence-electron chi connectivity index (χ4n) is 3.71. The molecule has 1 rings (SSSR count). The molecule has 1 heteroatoms. The summed E-state index contributed by atoms with van der Waals surface area (Å²) in [6.45, 7) is 6.91. The summed E-state index contributed by atoms with van der Waals surface area (Å²) in [5.41, 5.74) is 2.97. The minimum absolute atomic E-state index is 0.598. The molecule has 0 saturated carbocycles. The molecular weight excluding hydrogens is 302 g/mol. The summed E-state index contributed by atoms with van der Waals surface area (Å²) in [7, 11) is 0. The van der Waals surface area contributed by atoms with Gasteiger partial charge in [0, 0.05) is 17.8 Å². The molecular formula is C24H43N. The normalized spacial score (nSPS) is 13.3. The fourth-order valence-corrected chi connectivity index (χ4v) is 3.71. The van der Waals surface area contributed by atoms with Gasteiger partial charge in [-0.25, -0.2) is 0 Å². The Kier molecular flexibility index (Phi) is 13.5. The third-order valence-electron chi connectivity index (χ3n) is 5.42. The zero-order valence-electron chi connectivity index (χ0n) is 17.3. The summed E-state index contributed by atoms with van der Waals surface area (Å²) in [4.78, 5) is 3.46. The number of aromatic amines is 1. The quantitative estimate of drug-likeness (QED) is 0.228. The predicted molar refractivity (Wildman–Crippen MR) is 113 cm³/mol. The molecule has 1 nitrogen and oxygen atoms in total. The van der Waals surface area contributed by atoms with Gasteiger partial charge in [0.15, 0.2) is 0 Å². The molecule has 1 N–H and O–H groups in total. The van der Waals surface area contributed by atoms with Crippen LogP contribution >= 0.6 is 0 Å². The van der Waals surface area contributed by atoms with Gasteiger partial charge >= 0.3 is 0 Å². The zero-order chi connectivity index (χ0) is 18.2. The van der Waals surface area contributed by atoms with Crippen molar-refractivity contribution in [3.05, 3.63) is 35.7 Å². The highest BCUT2D eigenvalue weighted by Gasteiger charge is 2.13. The van der Waals surface area contributed by atoms with Crippen molar-refractivity contribution in [3.8, 4) is 0 Å². The van der Waals surface area contributed by atoms with Crippen molar-refractivity contribution in [3.63, 3.8) is 0 Å². The van der Waals surface area contributed by atoms with Crippen LogP contribution < -0.4 is 0 Å². The van der Waals surface area contributed by atoms with E-state index in [1.807, 2.05) is 0 Å². The first-order valence-corrected chi connectivity index (χ1v) is 11.1. The van der Waals surface area contributed by atoms with E-state index in [4.69, 9.17) is 0 Å². The lowest BCUT2D eigenvalue weighted by atomic mass is 9.90. The Balaban J connectivity index is 2.28. The Bertz CT molecular complexity index is 415. The van der Waals surface area contributed by atoms with Crippen molar-refractivity contribution in [2.45, 2.75) is 117 Å². The number of allylic oxidation sites excluding steroid dienone is 2. The smallest absolute Gasteiger partial charge is 0.0219 e. The number of unbranched alkanes of at least 4 members (excludes halogenated alkanes) is 11. The molecule has 0 aliphatic carbocycles. The van der Waals surface area contributed by atoms with Crippen molar-refractivity contribution >= 4 is 0 Å². The second-order valence-corrected chi connectivity index (χ2v) is 7.74. The molecule has 0 bridgehead atoms. The van der Waals surface area contributed by atoms with Crippen LogP contribution in [0.4, 0.5) is 0 Å². The number of hydrogen-bond acceptors (Lipinski definition) is 0. The van der Waals surface area contributed by atoms with Crippen molar-refractivity contribution in [1.82, 2.24) is 4.98 Å². The van der Waals surface area contributed by atoms with Gasteiger partial charge < -0.3 is 4.98 Å². The molecule has 144 valence electrons. The number of H-pyrrole nitrogens is 1. The molecule has 0 aromatic carbocycles. The zero-order valence-corrected chi connectivity index (χ0v) is 17.3. The molecule has 1 heterocycles. The molecule has 0 saturated heterocycles. The van der Waals surface area contributed by atoms with Gasteiger partial charge in [-0.1, -0.05) is 96.1 Å². The van der Waals surface area contributed by atoms with E-state index in [1.54, 1.807) is 5.57 Å². The minimum Gasteiger partial charge on any atom is -0.364 e. The van der Waals surface area contributed by atoms with E-state index in [-0.39, 0.29) is 0 Å². The topological polar surface area (TPSA) is 15.8 Å². The molecule has 0 fully saturated rings. The van der Waals surface area contributed by atoms with Crippen molar-refractivity contribution in [2.75, 3.05) is 0 Å². The lowest BCUT2D eigenvalue weighted by molar-refractivity contribution is 0.541. The van der Waals surface area contributed by atoms with Crippen LogP contribution in [0.1, 0.15) is 122 Å².